The van der Waals surface area contributed by atoms with Gasteiger partial charge in [0.2, 0.25) is 5.75 Å². The van der Waals surface area contributed by atoms with Crippen LogP contribution in [0.2, 0.25) is 0 Å². The highest BCUT2D eigenvalue weighted by Crippen LogP contribution is 2.46. The number of methoxy groups -OCH3 is 2. The third-order valence-electron chi connectivity index (χ3n) is 2.73. The molecule has 0 amide bonds. The van der Waals surface area contributed by atoms with Crippen LogP contribution in [0.3, 0.4) is 0 Å². The fourth-order valence-electron chi connectivity index (χ4n) is 1.83. The lowest BCUT2D eigenvalue weighted by Crippen LogP contribution is -2.32. The van der Waals surface area contributed by atoms with Gasteiger partial charge in [0.25, 0.3) is 0 Å². The zero-order valence-corrected chi connectivity index (χ0v) is 11.1. The van der Waals surface area contributed by atoms with Gasteiger partial charge < -0.3 is 19.6 Å². The summed E-state index contributed by atoms with van der Waals surface area (Å²) in [6.45, 7) is 3.72. The van der Waals surface area contributed by atoms with E-state index in [0.717, 1.165) is 5.56 Å². The number of benzene rings is 1. The lowest BCUT2D eigenvalue weighted by molar-refractivity contribution is 0.187. The van der Waals surface area contributed by atoms with Gasteiger partial charge in [-0.1, -0.05) is 0 Å². The van der Waals surface area contributed by atoms with Crippen LogP contribution in [0.25, 0.3) is 0 Å². The summed E-state index contributed by atoms with van der Waals surface area (Å²) in [6.07, 6.45) is 0. The average molecular weight is 258 g/mol. The predicted molar refractivity (Wildman–Crippen MR) is 68.3 cm³/mol. The van der Waals surface area contributed by atoms with Crippen molar-refractivity contribution in [2.24, 2.45) is 0 Å². The largest absolute Gasteiger partial charge is 0.493 e. The van der Waals surface area contributed by atoms with Gasteiger partial charge in [0.1, 0.15) is 5.60 Å². The normalized spacial score (nSPS) is 15.6. The molecular weight excluding hydrogens is 242 g/mol. The molecule has 1 aromatic rings. The second-order valence-electron chi connectivity index (χ2n) is 4.17. The monoisotopic (exact) mass is 257 g/mol. The molecule has 0 atom stereocenters. The van der Waals surface area contributed by atoms with Gasteiger partial charge in [-0.2, -0.15) is 0 Å². The fourth-order valence-corrected chi connectivity index (χ4v) is 1.83. The first-order valence-electron chi connectivity index (χ1n) is 5.04. The van der Waals surface area contributed by atoms with Crippen LogP contribution in [0.5, 0.6) is 17.2 Å². The van der Waals surface area contributed by atoms with Gasteiger partial charge in [0.05, 0.1) is 19.9 Å². The van der Waals surface area contributed by atoms with Crippen LogP contribution in [0.4, 0.5) is 0 Å². The van der Waals surface area contributed by atoms with Crippen LogP contribution in [0.15, 0.2) is 12.1 Å². The number of fused-ring (bicyclic) bond motifs is 1. The molecule has 0 saturated carbocycles. The highest BCUT2D eigenvalue weighted by molar-refractivity contribution is 6.09. The first-order valence-corrected chi connectivity index (χ1v) is 5.04. The van der Waals surface area contributed by atoms with E-state index in [-0.39, 0.29) is 12.4 Å². The maximum absolute atomic E-state index is 8.01. The lowest BCUT2D eigenvalue weighted by atomic mass is 9.99. The molecule has 0 unspecified atom stereocenters. The summed E-state index contributed by atoms with van der Waals surface area (Å²) in [6, 6.07) is 3.62. The van der Waals surface area contributed by atoms with Crippen LogP contribution in [-0.2, 0) is 0 Å². The van der Waals surface area contributed by atoms with Crippen molar-refractivity contribution in [2.45, 2.75) is 19.4 Å². The van der Waals surface area contributed by atoms with E-state index in [1.807, 2.05) is 19.9 Å². The predicted octanol–water partition coefficient (Wildman–Crippen LogP) is 2.66. The number of hydrogen-bond acceptors (Lipinski definition) is 4. The molecule has 0 radical (unpaired) electrons. The number of hydrogen-bond donors (Lipinski definition) is 1. The van der Waals surface area contributed by atoms with E-state index in [9.17, 15) is 0 Å². The lowest BCUT2D eigenvalue weighted by Gasteiger charge is -2.18. The Labute approximate surface area is 107 Å². The van der Waals surface area contributed by atoms with Crippen molar-refractivity contribution in [3.05, 3.63) is 17.7 Å². The molecule has 4 nitrogen and oxygen atoms in total. The Kier molecular flexibility index (Phi) is 3.57. The van der Waals surface area contributed by atoms with E-state index in [4.69, 9.17) is 19.6 Å². The third-order valence-corrected chi connectivity index (χ3v) is 2.73. The molecule has 0 fully saturated rings. The fraction of sp³-hybridized carbons (Fsp3) is 0.417. The summed E-state index contributed by atoms with van der Waals surface area (Å²) in [7, 11) is 3.14. The van der Waals surface area contributed by atoms with Gasteiger partial charge in [-0.3, -0.25) is 0 Å². The van der Waals surface area contributed by atoms with Crippen LogP contribution >= 0.6 is 12.4 Å². The van der Waals surface area contributed by atoms with Gasteiger partial charge in [-0.25, -0.2) is 0 Å². The number of halogens is 1. The van der Waals surface area contributed by atoms with Crippen LogP contribution in [0, 0.1) is 5.41 Å². The third kappa shape index (κ3) is 1.93. The first-order chi connectivity index (χ1) is 7.51. The molecule has 5 heteroatoms. The summed E-state index contributed by atoms with van der Waals surface area (Å²) in [5.41, 5.74) is 0.619. The Hall–Kier alpha value is -1.42. The Morgan fingerprint density at radius 1 is 1.18 bits per heavy atom. The molecule has 17 heavy (non-hydrogen) atoms. The van der Waals surface area contributed by atoms with Crippen molar-refractivity contribution in [1.29, 1.82) is 5.41 Å². The van der Waals surface area contributed by atoms with E-state index in [2.05, 4.69) is 0 Å². The molecule has 0 aliphatic carbocycles. The molecule has 1 aliphatic rings. The minimum absolute atomic E-state index is 0. The second-order valence-corrected chi connectivity index (χ2v) is 4.17. The SMILES string of the molecule is COc1ccc2c(c1OC)OC(C)(C)C2=N.Cl. The van der Waals surface area contributed by atoms with E-state index in [0.29, 0.717) is 23.0 Å². The summed E-state index contributed by atoms with van der Waals surface area (Å²) >= 11 is 0. The van der Waals surface area contributed by atoms with Gasteiger partial charge in [-0.05, 0) is 26.0 Å². The van der Waals surface area contributed by atoms with Crippen molar-refractivity contribution in [2.75, 3.05) is 14.2 Å². The molecule has 0 aromatic heterocycles. The molecule has 2 rings (SSSR count). The second kappa shape index (κ2) is 4.45. The van der Waals surface area contributed by atoms with Crippen molar-refractivity contribution in [3.63, 3.8) is 0 Å². The van der Waals surface area contributed by atoms with E-state index in [1.165, 1.54) is 0 Å². The molecule has 0 saturated heterocycles. The summed E-state index contributed by atoms with van der Waals surface area (Å²) in [5, 5.41) is 8.01. The molecule has 0 bridgehead atoms. The molecule has 1 aliphatic heterocycles. The minimum Gasteiger partial charge on any atom is -0.493 e. The van der Waals surface area contributed by atoms with Crippen molar-refractivity contribution >= 4 is 18.1 Å². The molecule has 1 N–H and O–H groups in total. The van der Waals surface area contributed by atoms with Gasteiger partial charge in [0.15, 0.2) is 11.5 Å². The van der Waals surface area contributed by atoms with Crippen molar-refractivity contribution in [1.82, 2.24) is 0 Å². The van der Waals surface area contributed by atoms with Crippen molar-refractivity contribution < 1.29 is 14.2 Å². The summed E-state index contributed by atoms with van der Waals surface area (Å²) in [5.74, 6) is 1.76. The van der Waals surface area contributed by atoms with E-state index < -0.39 is 5.60 Å². The number of rotatable bonds is 2. The molecule has 94 valence electrons. The Balaban J connectivity index is 0.00000144. The van der Waals surface area contributed by atoms with Gasteiger partial charge in [-0.15, -0.1) is 12.4 Å². The minimum atomic E-state index is -0.609. The average Bonchev–Trinajstić information content (AvgIpc) is 2.49. The van der Waals surface area contributed by atoms with E-state index in [1.54, 1.807) is 20.3 Å². The highest BCUT2D eigenvalue weighted by atomic mass is 35.5. The van der Waals surface area contributed by atoms with E-state index >= 15 is 0 Å². The molecule has 1 aromatic carbocycles. The Morgan fingerprint density at radius 2 is 1.82 bits per heavy atom. The molecule has 1 heterocycles. The van der Waals surface area contributed by atoms with Gasteiger partial charge >= 0.3 is 0 Å². The smallest absolute Gasteiger partial charge is 0.204 e. The van der Waals surface area contributed by atoms with Crippen molar-refractivity contribution in [3.8, 4) is 17.2 Å². The van der Waals surface area contributed by atoms with Crippen LogP contribution in [0.1, 0.15) is 19.4 Å². The standard InChI is InChI=1S/C12H15NO3.ClH/c1-12(2)11(13)7-5-6-8(14-3)10(15-4)9(7)16-12;/h5-6,13H,1-4H3;1H. The number of nitrogens with one attached hydrogen (secondary N) is 1. The Morgan fingerprint density at radius 3 is 2.35 bits per heavy atom. The number of ether oxygens (including phenoxy) is 3. The molecule has 0 spiro atoms. The molecular formula is C12H16ClNO3. The zero-order chi connectivity index (χ0) is 11.9. The first kappa shape index (κ1) is 13.6. The highest BCUT2D eigenvalue weighted by Gasteiger charge is 2.39. The van der Waals surface area contributed by atoms with Gasteiger partial charge in [0, 0.05) is 5.56 Å². The Bertz CT molecular complexity index is 457. The maximum atomic E-state index is 8.01. The topological polar surface area (TPSA) is 51.5 Å². The van der Waals surface area contributed by atoms with Crippen LogP contribution < -0.4 is 14.2 Å². The zero-order valence-electron chi connectivity index (χ0n) is 10.3. The summed E-state index contributed by atoms with van der Waals surface area (Å²) < 4.78 is 16.2. The quantitative estimate of drug-likeness (QED) is 0.886. The maximum Gasteiger partial charge on any atom is 0.204 e. The van der Waals surface area contributed by atoms with Crippen LogP contribution in [-0.4, -0.2) is 25.5 Å². The summed E-state index contributed by atoms with van der Waals surface area (Å²) in [4.78, 5) is 0.